The van der Waals surface area contributed by atoms with Gasteiger partial charge in [0.05, 0.1) is 23.1 Å². The summed E-state index contributed by atoms with van der Waals surface area (Å²) in [6.07, 6.45) is 0. The molecule has 10 N–H and O–H groups in total. The molecule has 0 amide bonds. The molecule has 4 rings (SSSR count). The van der Waals surface area contributed by atoms with E-state index in [2.05, 4.69) is 29.9 Å². The van der Waals surface area contributed by atoms with Gasteiger partial charge in [-0.05, 0) is 17.7 Å². The molecule has 0 saturated heterocycles. The molecule has 2 heterocycles. The number of sulfonamides is 2. The Kier molecular flexibility index (Phi) is 6.78. The minimum absolute atomic E-state index is 0.0552. The molecular weight excluding hydrogens is 496 g/mol. The van der Waals surface area contributed by atoms with Crippen molar-refractivity contribution in [3.63, 3.8) is 0 Å². The molecule has 1 aromatic heterocycles. The molecule has 0 radical (unpaired) electrons. The van der Waals surface area contributed by atoms with Crippen LogP contribution in [-0.4, -0.2) is 58.4 Å². The van der Waals surface area contributed by atoms with Gasteiger partial charge in [0, 0.05) is 24.7 Å². The molecule has 2 aromatic carbocycles. The van der Waals surface area contributed by atoms with E-state index in [1.54, 1.807) is 18.2 Å². The first kappa shape index (κ1) is 25.0. The number of nitrogens with two attached hydrogens (primary N) is 4. The van der Waals surface area contributed by atoms with Crippen molar-refractivity contribution < 1.29 is 16.8 Å². The standard InChI is InChI=1S/C19H24N10O4S2/c20-6-10(7-21)29-35(32,33)14-5-4-11(12-2-1-3-13-17(12)27-15(8-22)26-13)16(18(14)34(23,30)31)19-24-9-25-28-19/h1-5,10,29H,6-9,20-22H2,(H,26,27)(H2,23,30,31). The van der Waals surface area contributed by atoms with E-state index in [-0.39, 0.29) is 37.7 Å². The lowest BCUT2D eigenvalue weighted by atomic mass is 9.97. The fraction of sp³-hybridized carbons (Fsp3) is 0.263. The van der Waals surface area contributed by atoms with Crippen molar-refractivity contribution in [1.29, 1.82) is 0 Å². The van der Waals surface area contributed by atoms with Crippen molar-refractivity contribution in [3.05, 3.63) is 41.7 Å². The number of aromatic amines is 1. The number of amidine groups is 1. The molecule has 16 heteroatoms. The van der Waals surface area contributed by atoms with Gasteiger partial charge in [-0.2, -0.15) is 5.11 Å². The first-order chi connectivity index (χ1) is 16.6. The molecule has 1 aliphatic rings. The van der Waals surface area contributed by atoms with Gasteiger partial charge in [-0.25, -0.2) is 36.7 Å². The summed E-state index contributed by atoms with van der Waals surface area (Å²) in [5, 5.41) is 13.3. The number of azo groups is 1. The van der Waals surface area contributed by atoms with Gasteiger partial charge in [0.25, 0.3) is 0 Å². The largest absolute Gasteiger partial charge is 0.341 e. The highest BCUT2D eigenvalue weighted by Crippen LogP contribution is 2.37. The number of aliphatic imine (C=N–C) groups is 1. The number of rotatable bonds is 9. The lowest BCUT2D eigenvalue weighted by Crippen LogP contribution is -2.45. The van der Waals surface area contributed by atoms with Crippen LogP contribution in [0.15, 0.2) is 55.3 Å². The van der Waals surface area contributed by atoms with Crippen LogP contribution >= 0.6 is 0 Å². The van der Waals surface area contributed by atoms with Crippen LogP contribution < -0.4 is 27.1 Å². The number of nitrogens with one attached hydrogen (secondary N) is 2. The normalized spacial score (nSPS) is 14.3. The number of fused-ring (bicyclic) bond motifs is 1. The number of hydrogen-bond acceptors (Lipinski definition) is 11. The third-order valence-corrected chi connectivity index (χ3v) is 7.99. The second-order valence-electron chi connectivity index (χ2n) is 7.60. The van der Waals surface area contributed by atoms with Crippen molar-refractivity contribution in [3.8, 4) is 11.1 Å². The van der Waals surface area contributed by atoms with Crippen molar-refractivity contribution in [2.24, 2.45) is 37.6 Å². The highest BCUT2D eigenvalue weighted by atomic mass is 32.2. The summed E-state index contributed by atoms with van der Waals surface area (Å²) in [5.74, 6) is 0.429. The number of nitrogens with zero attached hydrogens (tertiary/aromatic N) is 4. The highest BCUT2D eigenvalue weighted by Gasteiger charge is 2.33. The maximum Gasteiger partial charge on any atom is 0.242 e. The molecule has 3 aromatic rings. The van der Waals surface area contributed by atoms with Gasteiger partial charge >= 0.3 is 0 Å². The Bertz CT molecular complexity index is 1560. The molecule has 0 atom stereocenters. The van der Waals surface area contributed by atoms with Crippen LogP contribution in [0.1, 0.15) is 11.4 Å². The molecule has 186 valence electrons. The lowest BCUT2D eigenvalue weighted by molar-refractivity contribution is 0.548. The van der Waals surface area contributed by atoms with Crippen molar-refractivity contribution in [2.75, 3.05) is 19.8 Å². The Balaban J connectivity index is 2.08. The first-order valence-electron chi connectivity index (χ1n) is 10.3. The lowest BCUT2D eigenvalue weighted by Gasteiger charge is -2.19. The second kappa shape index (κ2) is 9.50. The molecule has 0 spiro atoms. The third-order valence-electron chi connectivity index (χ3n) is 5.30. The number of benzene rings is 2. The smallest absolute Gasteiger partial charge is 0.242 e. The molecule has 14 nitrogen and oxygen atoms in total. The average molecular weight is 521 g/mol. The zero-order valence-corrected chi connectivity index (χ0v) is 20.0. The number of para-hydroxylation sites is 1. The second-order valence-corrected chi connectivity index (χ2v) is 10.8. The minimum Gasteiger partial charge on any atom is -0.341 e. The number of primary sulfonamides is 1. The van der Waals surface area contributed by atoms with E-state index in [1.165, 1.54) is 6.07 Å². The number of aromatic nitrogens is 2. The fourth-order valence-electron chi connectivity index (χ4n) is 3.73. The van der Waals surface area contributed by atoms with Crippen LogP contribution in [0.3, 0.4) is 0 Å². The van der Waals surface area contributed by atoms with E-state index in [0.717, 1.165) is 6.07 Å². The summed E-state index contributed by atoms with van der Waals surface area (Å²) in [5.41, 5.74) is 18.7. The predicted molar refractivity (Wildman–Crippen MR) is 129 cm³/mol. The predicted octanol–water partition coefficient (Wildman–Crippen LogP) is -0.930. The molecule has 1 aliphatic heterocycles. The number of H-pyrrole nitrogens is 1. The van der Waals surface area contributed by atoms with Gasteiger partial charge in [-0.15, -0.1) is 5.11 Å². The average Bonchev–Trinajstić information content (AvgIpc) is 3.50. The molecule has 0 fully saturated rings. The maximum atomic E-state index is 13.2. The summed E-state index contributed by atoms with van der Waals surface area (Å²) in [7, 11) is -9.06. The van der Waals surface area contributed by atoms with E-state index >= 15 is 0 Å². The summed E-state index contributed by atoms with van der Waals surface area (Å²) in [4.78, 5) is 10.4. The molecule has 0 bridgehead atoms. The fourth-order valence-corrected chi connectivity index (χ4v) is 6.60. The first-order valence-corrected chi connectivity index (χ1v) is 13.4. The molecule has 0 unspecified atom stereocenters. The topological polar surface area (TPSA) is 250 Å². The van der Waals surface area contributed by atoms with Gasteiger partial charge in [-0.3, -0.25) is 0 Å². The van der Waals surface area contributed by atoms with Crippen LogP contribution in [0.5, 0.6) is 0 Å². The Morgan fingerprint density at radius 1 is 1.03 bits per heavy atom. The van der Waals surface area contributed by atoms with E-state index in [0.29, 0.717) is 28.0 Å². The van der Waals surface area contributed by atoms with Gasteiger partial charge in [-0.1, -0.05) is 18.2 Å². The van der Waals surface area contributed by atoms with E-state index in [9.17, 15) is 16.8 Å². The Labute approximate surface area is 201 Å². The van der Waals surface area contributed by atoms with Gasteiger partial charge < -0.3 is 22.2 Å². The van der Waals surface area contributed by atoms with E-state index in [1.807, 2.05) is 0 Å². The summed E-state index contributed by atoms with van der Waals surface area (Å²) < 4.78 is 54.5. The Morgan fingerprint density at radius 3 is 2.37 bits per heavy atom. The summed E-state index contributed by atoms with van der Waals surface area (Å²) in [6.45, 7) is -0.106. The summed E-state index contributed by atoms with van der Waals surface area (Å²) >= 11 is 0. The quantitative estimate of drug-likeness (QED) is 0.205. The number of imidazole rings is 1. The zero-order chi connectivity index (χ0) is 25.4. The van der Waals surface area contributed by atoms with Crippen LogP contribution in [0.2, 0.25) is 0 Å². The van der Waals surface area contributed by atoms with E-state index in [4.69, 9.17) is 22.3 Å². The third kappa shape index (κ3) is 4.72. The van der Waals surface area contributed by atoms with Crippen molar-refractivity contribution in [2.45, 2.75) is 22.4 Å². The summed E-state index contributed by atoms with van der Waals surface area (Å²) in [6, 6.07) is 6.97. The van der Waals surface area contributed by atoms with Crippen molar-refractivity contribution >= 4 is 36.9 Å². The van der Waals surface area contributed by atoms with Crippen LogP contribution in [0.4, 0.5) is 0 Å². The Hall–Kier alpha value is -3.12. The van der Waals surface area contributed by atoms with Crippen molar-refractivity contribution in [1.82, 2.24) is 14.7 Å². The highest BCUT2D eigenvalue weighted by molar-refractivity contribution is 7.92. The van der Waals surface area contributed by atoms with Gasteiger partial charge in [0.15, 0.2) is 12.5 Å². The maximum absolute atomic E-state index is 13.2. The number of hydrogen-bond donors (Lipinski definition) is 6. The van der Waals surface area contributed by atoms with Gasteiger partial charge in [0.1, 0.15) is 15.6 Å². The monoisotopic (exact) mass is 520 g/mol. The van der Waals surface area contributed by atoms with Gasteiger partial charge in [0.2, 0.25) is 20.0 Å². The zero-order valence-electron chi connectivity index (χ0n) is 18.3. The minimum atomic E-state index is -4.63. The molecule has 0 saturated carbocycles. The molecule has 35 heavy (non-hydrogen) atoms. The molecular formula is C19H24N10O4S2. The van der Waals surface area contributed by atoms with Crippen LogP contribution in [0.25, 0.3) is 22.2 Å². The Morgan fingerprint density at radius 2 is 1.77 bits per heavy atom. The molecule has 0 aliphatic carbocycles. The van der Waals surface area contributed by atoms with E-state index < -0.39 is 35.9 Å². The van der Waals surface area contributed by atoms with Crippen LogP contribution in [-0.2, 0) is 26.6 Å². The van der Waals surface area contributed by atoms with Crippen LogP contribution in [0, 0.1) is 0 Å². The SMILES string of the molecule is NCc1nc2c(-c3ccc(S(=O)(=O)NC(CN)CN)c(S(N)(=O)=O)c3C3=NCN=N3)cccc2[nH]1.